The number of benzene rings is 2. The van der Waals surface area contributed by atoms with E-state index in [1.54, 1.807) is 26.8 Å². The van der Waals surface area contributed by atoms with Crippen LogP contribution in [0.25, 0.3) is 0 Å². The standard InChI is InChI=1S/C17H14I4O5S/c1-7(2)9-5-10(8(3)4-13(9)27(23,24)25)17(22)26-12-6-11(18)14(19)16(21)15(12)20/h4-7H,1-3H3,(H,23,24,25). The molecule has 2 aromatic carbocycles. The van der Waals surface area contributed by atoms with Crippen molar-refractivity contribution in [2.24, 2.45) is 0 Å². The van der Waals surface area contributed by atoms with Gasteiger partial charge in [0.2, 0.25) is 0 Å². The van der Waals surface area contributed by atoms with Crippen LogP contribution in [0.1, 0.15) is 41.3 Å². The van der Waals surface area contributed by atoms with Gasteiger partial charge >= 0.3 is 5.97 Å². The minimum atomic E-state index is -4.38. The van der Waals surface area contributed by atoms with Gasteiger partial charge in [-0.05, 0) is 133 Å². The summed E-state index contributed by atoms with van der Waals surface area (Å²) in [5, 5.41) is 0. The molecule has 0 spiro atoms. The van der Waals surface area contributed by atoms with E-state index in [4.69, 9.17) is 4.74 Å². The third kappa shape index (κ3) is 5.46. The van der Waals surface area contributed by atoms with E-state index in [1.165, 1.54) is 12.1 Å². The number of halogens is 4. The van der Waals surface area contributed by atoms with Gasteiger partial charge in [-0.25, -0.2) is 4.79 Å². The summed E-state index contributed by atoms with van der Waals surface area (Å²) in [5.41, 5.74) is 1.06. The average molecular weight is 838 g/mol. The van der Waals surface area contributed by atoms with Crippen LogP contribution in [-0.4, -0.2) is 18.9 Å². The van der Waals surface area contributed by atoms with E-state index in [-0.39, 0.29) is 16.4 Å². The van der Waals surface area contributed by atoms with E-state index in [2.05, 4.69) is 90.4 Å². The molecule has 0 aliphatic heterocycles. The van der Waals surface area contributed by atoms with Gasteiger partial charge in [0.05, 0.1) is 14.0 Å². The lowest BCUT2D eigenvalue weighted by Gasteiger charge is -2.16. The van der Waals surface area contributed by atoms with Crippen molar-refractivity contribution in [2.45, 2.75) is 31.6 Å². The van der Waals surface area contributed by atoms with Gasteiger partial charge < -0.3 is 4.74 Å². The van der Waals surface area contributed by atoms with Gasteiger partial charge in [0.15, 0.2) is 0 Å². The molecular formula is C17H14I4O5S. The first-order valence-corrected chi connectivity index (χ1v) is 13.3. The predicted molar refractivity (Wildman–Crippen MR) is 137 cm³/mol. The fourth-order valence-electron chi connectivity index (χ4n) is 2.37. The molecule has 0 unspecified atom stereocenters. The zero-order valence-electron chi connectivity index (χ0n) is 14.3. The van der Waals surface area contributed by atoms with E-state index < -0.39 is 16.1 Å². The van der Waals surface area contributed by atoms with Gasteiger partial charge in [0.25, 0.3) is 10.1 Å². The highest BCUT2D eigenvalue weighted by molar-refractivity contribution is 14.1. The Balaban J connectivity index is 2.54. The van der Waals surface area contributed by atoms with Crippen LogP contribution >= 0.6 is 90.4 Å². The maximum absolute atomic E-state index is 12.8. The van der Waals surface area contributed by atoms with Gasteiger partial charge in [-0.1, -0.05) is 13.8 Å². The predicted octanol–water partition coefficient (Wildman–Crippen LogP) is 6.00. The number of carbonyl (C=O) groups is 1. The quantitative estimate of drug-likeness (QED) is 0.102. The zero-order chi connectivity index (χ0) is 20.7. The molecular weight excluding hydrogens is 824 g/mol. The Morgan fingerprint density at radius 3 is 2.15 bits per heavy atom. The van der Waals surface area contributed by atoms with Gasteiger partial charge in [0.1, 0.15) is 5.75 Å². The molecule has 0 heterocycles. The zero-order valence-corrected chi connectivity index (χ0v) is 23.8. The molecule has 0 aliphatic carbocycles. The minimum absolute atomic E-state index is 0.181. The lowest BCUT2D eigenvalue weighted by Crippen LogP contribution is -2.15. The Bertz CT molecular complexity index is 1030. The maximum atomic E-state index is 12.8. The monoisotopic (exact) mass is 838 g/mol. The third-order valence-electron chi connectivity index (χ3n) is 3.75. The van der Waals surface area contributed by atoms with E-state index in [0.29, 0.717) is 16.9 Å². The van der Waals surface area contributed by atoms with Crippen molar-refractivity contribution in [3.8, 4) is 5.75 Å². The Morgan fingerprint density at radius 1 is 1.04 bits per heavy atom. The fourth-order valence-corrected chi connectivity index (χ4v) is 6.39. The van der Waals surface area contributed by atoms with Crippen LogP contribution < -0.4 is 4.74 Å². The molecule has 2 aromatic rings. The van der Waals surface area contributed by atoms with Crippen LogP contribution in [0.5, 0.6) is 5.75 Å². The second-order valence-electron chi connectivity index (χ2n) is 6.02. The van der Waals surface area contributed by atoms with Gasteiger partial charge in [-0.2, -0.15) is 8.42 Å². The second-order valence-corrected chi connectivity index (χ2v) is 11.8. The molecule has 0 saturated carbocycles. The molecule has 2 rings (SSSR count). The molecule has 0 amide bonds. The van der Waals surface area contributed by atoms with E-state index in [1.807, 2.05) is 0 Å². The minimum Gasteiger partial charge on any atom is -0.422 e. The van der Waals surface area contributed by atoms with Gasteiger partial charge in [0, 0.05) is 10.7 Å². The molecule has 10 heteroatoms. The summed E-state index contributed by atoms with van der Waals surface area (Å²) in [6.45, 7) is 5.20. The molecule has 0 fully saturated rings. The van der Waals surface area contributed by atoms with Crippen LogP contribution in [0.3, 0.4) is 0 Å². The topological polar surface area (TPSA) is 80.7 Å². The number of carbonyl (C=O) groups excluding carboxylic acids is 1. The van der Waals surface area contributed by atoms with Crippen molar-refractivity contribution in [2.75, 3.05) is 0 Å². The number of rotatable bonds is 4. The summed E-state index contributed by atoms with van der Waals surface area (Å²) in [6.07, 6.45) is 0. The summed E-state index contributed by atoms with van der Waals surface area (Å²) in [5.74, 6) is -0.310. The summed E-state index contributed by atoms with van der Waals surface area (Å²) in [7, 11) is -4.38. The van der Waals surface area contributed by atoms with Crippen LogP contribution in [0.15, 0.2) is 23.1 Å². The van der Waals surface area contributed by atoms with Crippen molar-refractivity contribution in [3.05, 3.63) is 49.2 Å². The SMILES string of the molecule is Cc1cc(S(=O)(=O)O)c(C(C)C)cc1C(=O)Oc1cc(I)c(I)c(I)c1I. The summed E-state index contributed by atoms with van der Waals surface area (Å²) < 4.78 is 42.3. The summed E-state index contributed by atoms with van der Waals surface area (Å²) >= 11 is 8.78. The molecule has 5 nitrogen and oxygen atoms in total. The van der Waals surface area contributed by atoms with Crippen molar-refractivity contribution < 1.29 is 22.5 Å². The lowest BCUT2D eigenvalue weighted by molar-refractivity contribution is 0.0732. The first-order valence-electron chi connectivity index (χ1n) is 7.51. The number of esters is 1. The molecule has 27 heavy (non-hydrogen) atoms. The van der Waals surface area contributed by atoms with Gasteiger partial charge in [-0.15, -0.1) is 0 Å². The molecule has 0 bridgehead atoms. The average Bonchev–Trinajstić information content (AvgIpc) is 2.56. The highest BCUT2D eigenvalue weighted by atomic mass is 127. The van der Waals surface area contributed by atoms with Gasteiger partial charge in [-0.3, -0.25) is 4.55 Å². The van der Waals surface area contributed by atoms with Crippen molar-refractivity contribution in [1.82, 2.24) is 0 Å². The first kappa shape index (κ1) is 24.0. The van der Waals surface area contributed by atoms with E-state index in [0.717, 1.165) is 14.3 Å². The first-order chi connectivity index (χ1) is 12.3. The Morgan fingerprint density at radius 2 is 1.63 bits per heavy atom. The number of hydrogen-bond acceptors (Lipinski definition) is 4. The number of aryl methyl sites for hydroxylation is 1. The van der Waals surface area contributed by atoms with Crippen LogP contribution in [0.4, 0.5) is 0 Å². The summed E-state index contributed by atoms with van der Waals surface area (Å²) in [4.78, 5) is 12.6. The maximum Gasteiger partial charge on any atom is 0.343 e. The third-order valence-corrected chi connectivity index (χ3v) is 11.9. The Kier molecular flexibility index (Phi) is 8.24. The highest BCUT2D eigenvalue weighted by Gasteiger charge is 2.24. The van der Waals surface area contributed by atoms with Crippen LogP contribution in [-0.2, 0) is 10.1 Å². The molecule has 1 N–H and O–H groups in total. The molecule has 0 aromatic heterocycles. The van der Waals surface area contributed by atoms with Crippen molar-refractivity contribution in [1.29, 1.82) is 0 Å². The normalized spacial score (nSPS) is 11.7. The molecule has 0 saturated heterocycles. The molecule has 0 radical (unpaired) electrons. The highest BCUT2D eigenvalue weighted by Crippen LogP contribution is 2.34. The van der Waals surface area contributed by atoms with Crippen LogP contribution in [0.2, 0.25) is 0 Å². The molecule has 0 atom stereocenters. The lowest BCUT2D eigenvalue weighted by atomic mass is 9.97. The van der Waals surface area contributed by atoms with E-state index >= 15 is 0 Å². The van der Waals surface area contributed by atoms with Crippen molar-refractivity contribution in [3.63, 3.8) is 0 Å². The van der Waals surface area contributed by atoms with Crippen LogP contribution in [0, 0.1) is 21.2 Å². The molecule has 146 valence electrons. The largest absolute Gasteiger partial charge is 0.422 e. The fraction of sp³-hybridized carbons (Fsp3) is 0.235. The van der Waals surface area contributed by atoms with E-state index in [9.17, 15) is 17.8 Å². The second kappa shape index (κ2) is 9.26. The Hall–Kier alpha value is 0.740. The molecule has 0 aliphatic rings. The van der Waals surface area contributed by atoms with Crippen molar-refractivity contribution >= 4 is 106 Å². The Labute approximate surface area is 212 Å². The summed E-state index contributed by atoms with van der Waals surface area (Å²) in [6, 6.07) is 4.60. The smallest absolute Gasteiger partial charge is 0.343 e. The number of ether oxygens (including phenoxy) is 1. The number of hydrogen-bond donors (Lipinski definition) is 1.